The molecule has 31 heavy (non-hydrogen) atoms. The van der Waals surface area contributed by atoms with Crippen molar-refractivity contribution in [1.82, 2.24) is 9.99 Å². The van der Waals surface area contributed by atoms with Crippen LogP contribution in [0.1, 0.15) is 11.1 Å². The predicted octanol–water partition coefficient (Wildman–Crippen LogP) is 2.10. The van der Waals surface area contributed by atoms with E-state index >= 15 is 0 Å². The van der Waals surface area contributed by atoms with E-state index < -0.39 is 16.0 Å². The van der Waals surface area contributed by atoms with Crippen LogP contribution in [0.25, 0.3) is 6.08 Å². The van der Waals surface area contributed by atoms with Gasteiger partial charge >= 0.3 is 10.1 Å². The third kappa shape index (κ3) is 4.34. The fourth-order valence-corrected chi connectivity index (χ4v) is 4.12. The molecule has 1 N–H and O–H groups in total. The topological polar surface area (TPSA) is 134 Å². The number of aliphatic imine (C=N–C) groups is 1. The Morgan fingerprint density at radius 3 is 2.71 bits per heavy atom. The van der Waals surface area contributed by atoms with Crippen molar-refractivity contribution < 1.29 is 22.1 Å². The lowest BCUT2D eigenvalue weighted by Gasteiger charge is -2.20. The average molecular weight is 457 g/mol. The number of carbonyl (C=O) groups excluding carboxylic acids is 1. The molecule has 0 unspecified atom stereocenters. The summed E-state index contributed by atoms with van der Waals surface area (Å²) in [6, 6.07) is 8.04. The lowest BCUT2D eigenvalue weighted by molar-refractivity contribution is -0.114. The molecular formula is C19H15N5O5S2. The highest BCUT2D eigenvalue weighted by Crippen LogP contribution is 2.33. The summed E-state index contributed by atoms with van der Waals surface area (Å²) in [6.07, 6.45) is 5.66. The first kappa shape index (κ1) is 20.8. The van der Waals surface area contributed by atoms with Gasteiger partial charge < -0.3 is 8.92 Å². The summed E-state index contributed by atoms with van der Waals surface area (Å²) in [7, 11) is -2.37. The van der Waals surface area contributed by atoms with Gasteiger partial charge in [-0.1, -0.05) is 6.07 Å². The first-order valence-corrected chi connectivity index (χ1v) is 11.4. The van der Waals surface area contributed by atoms with E-state index in [1.54, 1.807) is 24.5 Å². The van der Waals surface area contributed by atoms with Gasteiger partial charge in [0.15, 0.2) is 17.3 Å². The van der Waals surface area contributed by atoms with E-state index in [4.69, 9.17) is 14.3 Å². The number of thioether (sulfide) groups is 1. The molecule has 0 saturated carbocycles. The molecule has 1 amide bonds. The van der Waals surface area contributed by atoms with Gasteiger partial charge in [-0.3, -0.25) is 15.2 Å². The smallest absolute Gasteiger partial charge is 0.306 e. The molecule has 3 heterocycles. The summed E-state index contributed by atoms with van der Waals surface area (Å²) in [5.74, 6) is -0.537. The Balaban J connectivity index is 1.66. The Morgan fingerprint density at radius 2 is 2.03 bits per heavy atom. The monoisotopic (exact) mass is 457 g/mol. The van der Waals surface area contributed by atoms with Gasteiger partial charge in [0.25, 0.3) is 5.91 Å². The van der Waals surface area contributed by atoms with Crippen LogP contribution in [-0.4, -0.2) is 53.7 Å². The first-order valence-electron chi connectivity index (χ1n) is 8.73. The third-order valence-corrected chi connectivity index (χ3v) is 5.54. The van der Waals surface area contributed by atoms with Gasteiger partial charge in [0.2, 0.25) is 5.17 Å². The Bertz CT molecular complexity index is 1290. The largest absolute Gasteiger partial charge is 0.493 e. The standard InChI is InChI=1S/C19H15N5O5S2/c1-28-15-9-11(5-6-14(15)29-31(2,26)27)8-13-16(20)24-19(22-17(13)25)30-18(23-24)12-4-3-7-21-10-12/h3-10,20H,1-2H3/b13-8-,20-16?. The number of aromatic nitrogens is 1. The van der Waals surface area contributed by atoms with Gasteiger partial charge in [-0.15, -0.1) is 0 Å². The van der Waals surface area contributed by atoms with E-state index in [0.717, 1.165) is 11.8 Å². The first-order chi connectivity index (χ1) is 14.7. The van der Waals surface area contributed by atoms with Gasteiger partial charge in [-0.2, -0.15) is 23.5 Å². The van der Waals surface area contributed by atoms with Crippen LogP contribution in [0.2, 0.25) is 0 Å². The second-order valence-corrected chi connectivity index (χ2v) is 8.90. The van der Waals surface area contributed by atoms with Crippen molar-refractivity contribution in [3.63, 3.8) is 0 Å². The highest BCUT2D eigenvalue weighted by Gasteiger charge is 2.36. The summed E-state index contributed by atoms with van der Waals surface area (Å²) in [6.45, 7) is 0. The number of ether oxygens (including phenoxy) is 1. The van der Waals surface area contributed by atoms with E-state index in [1.165, 1.54) is 42.1 Å². The summed E-state index contributed by atoms with van der Waals surface area (Å²) in [5, 5.41) is 15.0. The molecule has 0 aliphatic carbocycles. The van der Waals surface area contributed by atoms with Crippen molar-refractivity contribution in [3.05, 3.63) is 59.4 Å². The lowest BCUT2D eigenvalue weighted by atomic mass is 10.1. The Labute approximate surface area is 181 Å². The Kier molecular flexibility index (Phi) is 5.33. The minimum atomic E-state index is -3.73. The molecule has 0 atom stereocenters. The molecule has 0 spiro atoms. The second kappa shape index (κ2) is 7.96. The number of hydrazone groups is 1. The maximum absolute atomic E-state index is 12.6. The highest BCUT2D eigenvalue weighted by molar-refractivity contribution is 8.27. The van der Waals surface area contributed by atoms with Crippen LogP contribution in [0, 0.1) is 5.41 Å². The number of amides is 1. The molecule has 12 heteroatoms. The van der Waals surface area contributed by atoms with Gasteiger partial charge in [0.05, 0.1) is 18.9 Å². The van der Waals surface area contributed by atoms with Crippen LogP contribution in [0.4, 0.5) is 0 Å². The molecule has 0 radical (unpaired) electrons. The fraction of sp³-hybridized carbons (Fsp3) is 0.105. The Morgan fingerprint density at radius 1 is 1.23 bits per heavy atom. The molecule has 0 bridgehead atoms. The number of pyridine rings is 1. The maximum atomic E-state index is 12.6. The number of benzene rings is 1. The normalized spacial score (nSPS) is 17.4. The average Bonchev–Trinajstić information content (AvgIpc) is 3.16. The zero-order chi connectivity index (χ0) is 22.2. The summed E-state index contributed by atoms with van der Waals surface area (Å²) < 4.78 is 32.8. The molecule has 1 aromatic heterocycles. The van der Waals surface area contributed by atoms with Crippen molar-refractivity contribution in [1.29, 1.82) is 5.41 Å². The van der Waals surface area contributed by atoms with E-state index in [-0.39, 0.29) is 22.9 Å². The van der Waals surface area contributed by atoms with Crippen LogP contribution in [-0.2, 0) is 14.9 Å². The van der Waals surface area contributed by atoms with Crippen LogP contribution >= 0.6 is 11.8 Å². The zero-order valence-corrected chi connectivity index (χ0v) is 17.9. The quantitative estimate of drug-likeness (QED) is 0.533. The number of nitrogens with zero attached hydrogens (tertiary/aromatic N) is 4. The number of rotatable bonds is 5. The maximum Gasteiger partial charge on any atom is 0.306 e. The van der Waals surface area contributed by atoms with E-state index in [9.17, 15) is 13.2 Å². The number of hydrogen-bond acceptors (Lipinski definition) is 9. The summed E-state index contributed by atoms with van der Waals surface area (Å²) in [5.41, 5.74) is 1.27. The SMILES string of the molecule is COc1cc(/C=C2/C(=N)N3N=C(c4cccnc4)SC3=NC2=O)ccc1OS(C)(=O)=O. The molecule has 4 rings (SSSR count). The van der Waals surface area contributed by atoms with E-state index in [1.807, 2.05) is 6.07 Å². The highest BCUT2D eigenvalue weighted by atomic mass is 32.2. The fourth-order valence-electron chi connectivity index (χ4n) is 2.77. The molecule has 0 fully saturated rings. The summed E-state index contributed by atoms with van der Waals surface area (Å²) >= 11 is 1.18. The molecule has 2 aliphatic heterocycles. The van der Waals surface area contributed by atoms with Crippen molar-refractivity contribution in [3.8, 4) is 11.5 Å². The van der Waals surface area contributed by atoms with Crippen LogP contribution in [0.5, 0.6) is 11.5 Å². The number of carbonyl (C=O) groups is 1. The van der Waals surface area contributed by atoms with E-state index in [2.05, 4.69) is 15.1 Å². The number of nitrogens with one attached hydrogen (secondary N) is 1. The predicted molar refractivity (Wildman–Crippen MR) is 117 cm³/mol. The van der Waals surface area contributed by atoms with Crippen LogP contribution in [0.3, 0.4) is 0 Å². The van der Waals surface area contributed by atoms with Crippen molar-refractivity contribution in [2.75, 3.05) is 13.4 Å². The molecular weight excluding hydrogens is 442 g/mol. The van der Waals surface area contributed by atoms with E-state index in [0.29, 0.717) is 15.8 Å². The molecule has 2 aliphatic rings. The van der Waals surface area contributed by atoms with Crippen molar-refractivity contribution >= 4 is 49.9 Å². The molecule has 10 nitrogen and oxygen atoms in total. The van der Waals surface area contributed by atoms with Crippen molar-refractivity contribution in [2.24, 2.45) is 10.1 Å². The molecule has 0 saturated heterocycles. The minimum absolute atomic E-state index is 0.0131. The van der Waals surface area contributed by atoms with Gasteiger partial charge in [0.1, 0.15) is 5.04 Å². The van der Waals surface area contributed by atoms with Crippen molar-refractivity contribution in [2.45, 2.75) is 0 Å². The number of fused-ring (bicyclic) bond motifs is 1. The Hall–Kier alpha value is -3.51. The van der Waals surface area contributed by atoms with Gasteiger partial charge in [0, 0.05) is 18.0 Å². The minimum Gasteiger partial charge on any atom is -0.493 e. The molecule has 1 aromatic carbocycles. The van der Waals surface area contributed by atoms with Gasteiger partial charge in [-0.25, -0.2) is 0 Å². The van der Waals surface area contributed by atoms with Crippen LogP contribution < -0.4 is 8.92 Å². The van der Waals surface area contributed by atoms with Gasteiger partial charge in [-0.05, 0) is 47.7 Å². The number of amidine groups is 2. The molecule has 2 aromatic rings. The lowest BCUT2D eigenvalue weighted by Crippen LogP contribution is -2.35. The zero-order valence-electron chi connectivity index (χ0n) is 16.3. The van der Waals surface area contributed by atoms with Crippen LogP contribution in [0.15, 0.2) is 58.4 Å². The summed E-state index contributed by atoms with van der Waals surface area (Å²) in [4.78, 5) is 20.7. The third-order valence-electron chi connectivity index (χ3n) is 4.10. The number of methoxy groups -OCH3 is 1. The molecule has 158 valence electrons. The second-order valence-electron chi connectivity index (χ2n) is 6.36. The number of hydrogen-bond donors (Lipinski definition) is 1.